The molecule has 1 aromatic rings. The third kappa shape index (κ3) is 2.40. The summed E-state index contributed by atoms with van der Waals surface area (Å²) in [5.41, 5.74) is 1.21. The highest BCUT2D eigenvalue weighted by molar-refractivity contribution is 7.13. The van der Waals surface area contributed by atoms with Gasteiger partial charge in [-0.25, -0.2) is 4.98 Å². The van der Waals surface area contributed by atoms with Crippen LogP contribution in [0.25, 0.3) is 0 Å². The van der Waals surface area contributed by atoms with Crippen molar-refractivity contribution in [1.82, 2.24) is 4.98 Å². The van der Waals surface area contributed by atoms with Crippen molar-refractivity contribution in [3.05, 3.63) is 11.1 Å². The molecule has 3 heteroatoms. The maximum Gasteiger partial charge on any atom is 0.183 e. The molecular formula is C13H22N2S. The Kier molecular flexibility index (Phi) is 3.85. The minimum absolute atomic E-state index is 0.640. The Morgan fingerprint density at radius 3 is 2.81 bits per heavy atom. The molecule has 0 spiro atoms. The summed E-state index contributed by atoms with van der Waals surface area (Å²) in [6.07, 6.45) is 5.04. The van der Waals surface area contributed by atoms with E-state index in [0.717, 1.165) is 23.4 Å². The van der Waals surface area contributed by atoms with Gasteiger partial charge in [-0.3, -0.25) is 0 Å². The molecule has 1 fully saturated rings. The maximum atomic E-state index is 4.58. The van der Waals surface area contributed by atoms with Crippen LogP contribution in [0.1, 0.15) is 45.7 Å². The first-order chi connectivity index (χ1) is 7.74. The minimum Gasteiger partial charge on any atom is -0.359 e. The number of nitrogens with zero attached hydrogens (tertiary/aromatic N) is 1. The molecule has 0 aromatic carbocycles. The fraction of sp³-hybridized carbons (Fsp3) is 0.769. The van der Waals surface area contributed by atoms with Crippen molar-refractivity contribution < 1.29 is 0 Å². The van der Waals surface area contributed by atoms with Gasteiger partial charge in [0.05, 0.1) is 5.69 Å². The van der Waals surface area contributed by atoms with E-state index < -0.39 is 0 Å². The van der Waals surface area contributed by atoms with Crippen molar-refractivity contribution in [2.45, 2.75) is 52.5 Å². The van der Waals surface area contributed by atoms with E-state index >= 15 is 0 Å². The highest BCUT2D eigenvalue weighted by Gasteiger charge is 2.31. The van der Waals surface area contributed by atoms with Gasteiger partial charge in [-0.15, -0.1) is 11.3 Å². The van der Waals surface area contributed by atoms with Crippen LogP contribution in [0.3, 0.4) is 0 Å². The van der Waals surface area contributed by atoms with Gasteiger partial charge in [0.25, 0.3) is 0 Å². The molecule has 1 aliphatic rings. The van der Waals surface area contributed by atoms with Crippen molar-refractivity contribution in [1.29, 1.82) is 0 Å². The normalized spacial score (nSPS) is 29.6. The maximum absolute atomic E-state index is 4.58. The highest BCUT2D eigenvalue weighted by atomic mass is 32.1. The zero-order valence-electron chi connectivity index (χ0n) is 10.5. The SMILES string of the molecule is CCc1csc(NC2CCC(CC)C2C)n1. The molecule has 16 heavy (non-hydrogen) atoms. The molecule has 1 heterocycles. The lowest BCUT2D eigenvalue weighted by atomic mass is 9.94. The largest absolute Gasteiger partial charge is 0.359 e. The van der Waals surface area contributed by atoms with Gasteiger partial charge in [0, 0.05) is 11.4 Å². The van der Waals surface area contributed by atoms with Crippen LogP contribution in [-0.2, 0) is 6.42 Å². The molecule has 1 aliphatic carbocycles. The molecule has 2 rings (SSSR count). The Balaban J connectivity index is 1.95. The summed E-state index contributed by atoms with van der Waals surface area (Å²) < 4.78 is 0. The van der Waals surface area contributed by atoms with Crippen LogP contribution >= 0.6 is 11.3 Å². The van der Waals surface area contributed by atoms with E-state index in [4.69, 9.17) is 0 Å². The molecule has 1 aromatic heterocycles. The first-order valence-corrected chi connectivity index (χ1v) is 7.33. The summed E-state index contributed by atoms with van der Waals surface area (Å²) in [6, 6.07) is 0.640. The molecule has 0 bridgehead atoms. The number of aryl methyl sites for hydroxylation is 1. The fourth-order valence-electron chi connectivity index (χ4n) is 2.72. The third-order valence-electron chi connectivity index (χ3n) is 3.97. The Bertz CT molecular complexity index is 334. The summed E-state index contributed by atoms with van der Waals surface area (Å²) in [7, 11) is 0. The molecule has 0 radical (unpaired) electrons. The van der Waals surface area contributed by atoms with Crippen LogP contribution < -0.4 is 5.32 Å². The van der Waals surface area contributed by atoms with Gasteiger partial charge in [0.15, 0.2) is 5.13 Å². The van der Waals surface area contributed by atoms with Gasteiger partial charge in [0.2, 0.25) is 0 Å². The van der Waals surface area contributed by atoms with Crippen LogP contribution in [0.5, 0.6) is 0 Å². The Labute approximate surface area is 102 Å². The Morgan fingerprint density at radius 2 is 2.25 bits per heavy atom. The molecule has 90 valence electrons. The molecule has 0 saturated heterocycles. The monoisotopic (exact) mass is 238 g/mol. The van der Waals surface area contributed by atoms with Crippen molar-refractivity contribution in [2.24, 2.45) is 11.8 Å². The second-order valence-corrected chi connectivity index (χ2v) is 5.71. The zero-order valence-corrected chi connectivity index (χ0v) is 11.3. The van der Waals surface area contributed by atoms with Crippen molar-refractivity contribution in [2.75, 3.05) is 5.32 Å². The van der Waals surface area contributed by atoms with Crippen LogP contribution in [0.4, 0.5) is 5.13 Å². The van der Waals surface area contributed by atoms with Crippen molar-refractivity contribution >= 4 is 16.5 Å². The van der Waals surface area contributed by atoms with Crippen LogP contribution in [0.15, 0.2) is 5.38 Å². The average Bonchev–Trinajstić information content (AvgIpc) is 2.88. The first-order valence-electron chi connectivity index (χ1n) is 6.45. The quantitative estimate of drug-likeness (QED) is 0.859. The molecule has 3 atom stereocenters. The summed E-state index contributed by atoms with van der Waals surface area (Å²) in [6.45, 7) is 6.85. The van der Waals surface area contributed by atoms with Crippen molar-refractivity contribution in [3.63, 3.8) is 0 Å². The number of aromatic nitrogens is 1. The van der Waals surface area contributed by atoms with E-state index in [-0.39, 0.29) is 0 Å². The number of thiazole rings is 1. The lowest BCUT2D eigenvalue weighted by Crippen LogP contribution is -2.24. The highest BCUT2D eigenvalue weighted by Crippen LogP contribution is 2.36. The van der Waals surface area contributed by atoms with Gasteiger partial charge in [-0.05, 0) is 31.1 Å². The number of anilines is 1. The summed E-state index contributed by atoms with van der Waals surface area (Å²) in [5.74, 6) is 1.70. The topological polar surface area (TPSA) is 24.9 Å². The van der Waals surface area contributed by atoms with Crippen LogP contribution in [0, 0.1) is 11.8 Å². The average molecular weight is 238 g/mol. The second kappa shape index (κ2) is 5.17. The van der Waals surface area contributed by atoms with Gasteiger partial charge >= 0.3 is 0 Å². The lowest BCUT2D eigenvalue weighted by Gasteiger charge is -2.20. The summed E-state index contributed by atoms with van der Waals surface area (Å²) in [4.78, 5) is 4.58. The zero-order chi connectivity index (χ0) is 11.5. The number of hydrogen-bond donors (Lipinski definition) is 1. The lowest BCUT2D eigenvalue weighted by molar-refractivity contribution is 0.392. The minimum atomic E-state index is 0.640. The van der Waals surface area contributed by atoms with Gasteiger partial charge in [-0.2, -0.15) is 0 Å². The first kappa shape index (κ1) is 11.9. The molecule has 0 aliphatic heterocycles. The van der Waals surface area contributed by atoms with E-state index in [2.05, 4.69) is 36.5 Å². The van der Waals surface area contributed by atoms with Gasteiger partial charge in [-0.1, -0.05) is 27.2 Å². The van der Waals surface area contributed by atoms with Crippen LogP contribution in [0.2, 0.25) is 0 Å². The molecule has 0 amide bonds. The van der Waals surface area contributed by atoms with Crippen molar-refractivity contribution in [3.8, 4) is 0 Å². The van der Waals surface area contributed by atoms with Crippen LogP contribution in [-0.4, -0.2) is 11.0 Å². The van der Waals surface area contributed by atoms with Gasteiger partial charge < -0.3 is 5.32 Å². The predicted octanol–water partition coefficient (Wildman–Crippen LogP) is 3.94. The molecule has 1 saturated carbocycles. The Morgan fingerprint density at radius 1 is 1.44 bits per heavy atom. The Hall–Kier alpha value is -0.570. The summed E-state index contributed by atoms with van der Waals surface area (Å²) >= 11 is 1.75. The molecule has 3 unspecified atom stereocenters. The second-order valence-electron chi connectivity index (χ2n) is 4.85. The van der Waals surface area contributed by atoms with E-state index in [1.165, 1.54) is 25.0 Å². The summed E-state index contributed by atoms with van der Waals surface area (Å²) in [5, 5.41) is 6.90. The van der Waals surface area contributed by atoms with E-state index in [0.29, 0.717) is 6.04 Å². The smallest absolute Gasteiger partial charge is 0.183 e. The van der Waals surface area contributed by atoms with E-state index in [1.807, 2.05) is 0 Å². The van der Waals surface area contributed by atoms with E-state index in [1.54, 1.807) is 11.3 Å². The molecule has 2 nitrogen and oxygen atoms in total. The van der Waals surface area contributed by atoms with E-state index in [9.17, 15) is 0 Å². The molecule has 1 N–H and O–H groups in total. The standard InChI is InChI=1S/C13H22N2S/c1-4-10-6-7-12(9(10)3)15-13-14-11(5-2)8-16-13/h8-10,12H,4-7H2,1-3H3,(H,14,15). The number of rotatable bonds is 4. The van der Waals surface area contributed by atoms with Gasteiger partial charge in [0.1, 0.15) is 0 Å². The third-order valence-corrected chi connectivity index (χ3v) is 4.80. The number of nitrogens with one attached hydrogen (secondary N) is 1. The number of hydrogen-bond acceptors (Lipinski definition) is 3. The fourth-order valence-corrected chi connectivity index (χ4v) is 3.58. The molecular weight excluding hydrogens is 216 g/mol. The predicted molar refractivity (Wildman–Crippen MR) is 71.1 cm³/mol.